The lowest BCUT2D eigenvalue weighted by molar-refractivity contribution is -0.156. The molecule has 2 aliphatic rings. The molecule has 2 heterocycles. The summed E-state index contributed by atoms with van der Waals surface area (Å²) in [5.74, 6) is -1.13. The molecule has 0 bridgehead atoms. The van der Waals surface area contributed by atoms with Crippen LogP contribution in [0, 0.1) is 0 Å². The van der Waals surface area contributed by atoms with Gasteiger partial charge >= 0.3 is 18.1 Å². The van der Waals surface area contributed by atoms with E-state index in [0.29, 0.717) is 25.9 Å². The highest BCUT2D eigenvalue weighted by Crippen LogP contribution is 2.19. The fraction of sp³-hybridized carbons (Fsp3) is 0.786. The highest BCUT2D eigenvalue weighted by Gasteiger charge is 2.43. The van der Waals surface area contributed by atoms with Gasteiger partial charge in [0.2, 0.25) is 0 Å². The van der Waals surface area contributed by atoms with Crippen molar-refractivity contribution in [2.45, 2.75) is 57.9 Å². The molecule has 0 aromatic carbocycles. The number of carbonyl (C=O) groups is 2. The van der Waals surface area contributed by atoms with Gasteiger partial charge in [0.25, 0.3) is 5.72 Å². The average Bonchev–Trinajstić information content (AvgIpc) is 2.81. The summed E-state index contributed by atoms with van der Waals surface area (Å²) in [5.41, 5.74) is 0.433. The van der Waals surface area contributed by atoms with Crippen molar-refractivity contribution in [1.82, 2.24) is 15.6 Å². The Bertz CT molecular complexity index is 508. The number of aliphatic carboxylic acids is 1. The Hall–Kier alpha value is -2.19. The number of nitrogens with one attached hydrogen (secondary N) is 2. The van der Waals surface area contributed by atoms with Crippen LogP contribution in [0.15, 0.2) is 5.10 Å². The van der Waals surface area contributed by atoms with Crippen LogP contribution in [0.1, 0.15) is 40.5 Å². The van der Waals surface area contributed by atoms with Crippen LogP contribution in [0.2, 0.25) is 0 Å². The number of hydrazone groups is 1. The first-order valence-electron chi connectivity index (χ1n) is 7.61. The van der Waals surface area contributed by atoms with Gasteiger partial charge in [-0.05, 0) is 33.6 Å². The summed E-state index contributed by atoms with van der Waals surface area (Å²) in [7, 11) is 0. The summed E-state index contributed by atoms with van der Waals surface area (Å²) in [6.45, 7) is 8.07. The number of hydrogen-bond acceptors (Lipinski definition) is 7. The number of amides is 1. The maximum Gasteiger partial charge on any atom is 0.407 e. The molecule has 1 amide bonds. The second-order valence-corrected chi connectivity index (χ2v) is 6.85. The predicted octanol–water partition coefficient (Wildman–Crippen LogP) is 0.667. The summed E-state index contributed by atoms with van der Waals surface area (Å²) in [6.07, 6.45) is 0.974. The number of likely N-dealkylation sites (tertiary alicyclic amines) is 1. The molecule has 0 aromatic rings. The Balaban J connectivity index is 1.79. The Morgan fingerprint density at radius 1 is 1.43 bits per heavy atom. The van der Waals surface area contributed by atoms with Gasteiger partial charge in [0.15, 0.2) is 0 Å². The predicted molar refractivity (Wildman–Crippen MR) is 81.7 cm³/mol. The van der Waals surface area contributed by atoms with Gasteiger partial charge in [0.05, 0.1) is 0 Å². The number of carboxylic acid groups (broad SMARTS) is 1. The molecule has 1 fully saturated rings. The molecule has 2 aliphatic heterocycles. The van der Waals surface area contributed by atoms with Gasteiger partial charge in [-0.3, -0.25) is 5.43 Å². The van der Waals surface area contributed by atoms with Gasteiger partial charge < -0.3 is 24.8 Å². The molecule has 130 valence electrons. The Morgan fingerprint density at radius 2 is 2.04 bits per heavy atom. The quantitative estimate of drug-likeness (QED) is 0.683. The van der Waals surface area contributed by atoms with E-state index < -0.39 is 23.4 Å². The topological polar surface area (TPSA) is 112 Å². The minimum atomic E-state index is -1.53. The molecule has 23 heavy (non-hydrogen) atoms. The SMILES string of the molecule is CC(C)(C)OC(=O)NC1CCN(C2=NNC(C)(C(=O)O)O2)CC1. The van der Waals surface area contributed by atoms with Crippen LogP contribution >= 0.6 is 0 Å². The molecule has 1 saturated heterocycles. The van der Waals surface area contributed by atoms with Crippen LogP contribution in [-0.4, -0.2) is 58.5 Å². The van der Waals surface area contributed by atoms with E-state index in [1.807, 2.05) is 25.7 Å². The highest BCUT2D eigenvalue weighted by molar-refractivity contribution is 5.84. The Labute approximate surface area is 135 Å². The number of ether oxygens (including phenoxy) is 2. The van der Waals surface area contributed by atoms with Gasteiger partial charge in [-0.15, -0.1) is 5.10 Å². The van der Waals surface area contributed by atoms with E-state index >= 15 is 0 Å². The Morgan fingerprint density at radius 3 is 2.52 bits per heavy atom. The summed E-state index contributed by atoms with van der Waals surface area (Å²) in [5, 5.41) is 15.9. The lowest BCUT2D eigenvalue weighted by Crippen LogP contribution is -2.50. The zero-order valence-corrected chi connectivity index (χ0v) is 13.9. The van der Waals surface area contributed by atoms with Crippen LogP contribution in [0.4, 0.5) is 4.79 Å². The molecule has 0 radical (unpaired) electrons. The van der Waals surface area contributed by atoms with E-state index in [2.05, 4.69) is 15.8 Å². The Kier molecular flexibility index (Phi) is 4.58. The van der Waals surface area contributed by atoms with Crippen molar-refractivity contribution in [1.29, 1.82) is 0 Å². The number of nitrogens with zero attached hydrogens (tertiary/aromatic N) is 2. The maximum absolute atomic E-state index is 11.8. The average molecular weight is 328 g/mol. The van der Waals surface area contributed by atoms with Crippen molar-refractivity contribution >= 4 is 18.1 Å². The lowest BCUT2D eigenvalue weighted by Gasteiger charge is -2.33. The van der Waals surface area contributed by atoms with E-state index in [1.54, 1.807) is 0 Å². The molecule has 9 heteroatoms. The van der Waals surface area contributed by atoms with Gasteiger partial charge in [-0.1, -0.05) is 0 Å². The van der Waals surface area contributed by atoms with E-state index in [9.17, 15) is 9.59 Å². The molecule has 1 unspecified atom stereocenters. The molecular weight excluding hydrogens is 304 g/mol. The summed E-state index contributed by atoms with van der Waals surface area (Å²) in [6, 6.07) is 0.285. The molecule has 0 aromatic heterocycles. The number of carboxylic acids is 1. The minimum absolute atomic E-state index is 0.0157. The number of alkyl carbamates (subject to hydrolysis) is 1. The third-order valence-corrected chi connectivity index (χ3v) is 3.55. The van der Waals surface area contributed by atoms with E-state index in [-0.39, 0.29) is 12.1 Å². The first-order valence-corrected chi connectivity index (χ1v) is 7.61. The molecule has 0 saturated carbocycles. The smallest absolute Gasteiger partial charge is 0.407 e. The monoisotopic (exact) mass is 328 g/mol. The summed E-state index contributed by atoms with van der Waals surface area (Å²) in [4.78, 5) is 24.7. The van der Waals surface area contributed by atoms with E-state index in [4.69, 9.17) is 14.6 Å². The lowest BCUT2D eigenvalue weighted by atomic mass is 10.1. The van der Waals surface area contributed by atoms with Crippen molar-refractivity contribution in [2.75, 3.05) is 13.1 Å². The number of hydrogen-bond donors (Lipinski definition) is 3. The zero-order valence-electron chi connectivity index (χ0n) is 13.9. The van der Waals surface area contributed by atoms with Crippen LogP contribution in [-0.2, 0) is 14.3 Å². The fourth-order valence-electron chi connectivity index (χ4n) is 2.30. The molecule has 9 nitrogen and oxygen atoms in total. The van der Waals surface area contributed by atoms with Crippen molar-refractivity contribution in [2.24, 2.45) is 5.10 Å². The third-order valence-electron chi connectivity index (χ3n) is 3.55. The van der Waals surface area contributed by atoms with Crippen molar-refractivity contribution < 1.29 is 24.2 Å². The van der Waals surface area contributed by atoms with Crippen molar-refractivity contribution in [3.63, 3.8) is 0 Å². The highest BCUT2D eigenvalue weighted by atomic mass is 16.6. The number of amidine groups is 1. The normalized spacial score (nSPS) is 25.2. The van der Waals surface area contributed by atoms with E-state index in [1.165, 1.54) is 6.92 Å². The first kappa shape index (κ1) is 17.2. The van der Waals surface area contributed by atoms with Crippen LogP contribution in [0.25, 0.3) is 0 Å². The molecular formula is C14H24N4O5. The third kappa shape index (κ3) is 4.40. The standard InChI is InChI=1S/C14H24N4O5/c1-13(2,3)23-12(21)15-9-5-7-18(8-6-9)11-16-17-14(4,22-11)10(19)20/h9,17H,5-8H2,1-4H3,(H,15,21)(H,19,20). The molecule has 0 aliphatic carbocycles. The second kappa shape index (κ2) is 6.13. The molecule has 2 rings (SSSR count). The largest absolute Gasteiger partial charge is 0.477 e. The maximum atomic E-state index is 11.8. The first-order chi connectivity index (χ1) is 10.6. The van der Waals surface area contributed by atoms with Gasteiger partial charge in [0.1, 0.15) is 5.60 Å². The number of piperidine rings is 1. The summed E-state index contributed by atoms with van der Waals surface area (Å²) >= 11 is 0. The number of carbonyl (C=O) groups excluding carboxylic acids is 1. The van der Waals surface area contributed by atoms with Gasteiger partial charge in [-0.25, -0.2) is 9.59 Å². The zero-order chi connectivity index (χ0) is 17.3. The van der Waals surface area contributed by atoms with Crippen LogP contribution in [0.5, 0.6) is 0 Å². The molecule has 3 N–H and O–H groups in total. The van der Waals surface area contributed by atoms with E-state index in [0.717, 1.165) is 0 Å². The molecule has 0 spiro atoms. The minimum Gasteiger partial charge on any atom is -0.477 e. The van der Waals surface area contributed by atoms with Gasteiger partial charge in [-0.2, -0.15) is 0 Å². The van der Waals surface area contributed by atoms with Crippen LogP contribution in [0.3, 0.4) is 0 Å². The number of rotatable bonds is 2. The summed E-state index contributed by atoms with van der Waals surface area (Å²) < 4.78 is 10.6. The molecule has 1 atom stereocenters. The van der Waals surface area contributed by atoms with Crippen molar-refractivity contribution in [3.05, 3.63) is 0 Å². The van der Waals surface area contributed by atoms with Gasteiger partial charge in [0, 0.05) is 26.1 Å². The van der Waals surface area contributed by atoms with Crippen LogP contribution < -0.4 is 10.7 Å². The second-order valence-electron chi connectivity index (χ2n) is 6.85. The fourth-order valence-corrected chi connectivity index (χ4v) is 2.30. The van der Waals surface area contributed by atoms with Crippen molar-refractivity contribution in [3.8, 4) is 0 Å².